The van der Waals surface area contributed by atoms with Gasteiger partial charge in [0.1, 0.15) is 17.7 Å². The van der Waals surface area contributed by atoms with Crippen molar-refractivity contribution in [1.29, 1.82) is 0 Å². The first-order valence-corrected chi connectivity index (χ1v) is 13.3. The molecule has 1 heterocycles. The van der Waals surface area contributed by atoms with Gasteiger partial charge in [-0.1, -0.05) is 35.9 Å². The van der Waals surface area contributed by atoms with Gasteiger partial charge in [0.2, 0.25) is 0 Å². The van der Waals surface area contributed by atoms with E-state index in [1.165, 1.54) is 30.3 Å². The molecule has 208 valence electrons. The molecule has 0 fully saturated rings. The summed E-state index contributed by atoms with van der Waals surface area (Å²) < 4.78 is 102. The molecule has 6 nitrogen and oxygen atoms in total. The number of benzene rings is 3. The molecule has 0 radical (unpaired) electrons. The lowest BCUT2D eigenvalue weighted by Gasteiger charge is -2.36. The van der Waals surface area contributed by atoms with Crippen LogP contribution in [0.3, 0.4) is 0 Å². The van der Waals surface area contributed by atoms with Gasteiger partial charge in [-0.3, -0.25) is 9.10 Å². The first kappa shape index (κ1) is 28.6. The Labute approximate surface area is 226 Å². The highest BCUT2D eigenvalue weighted by Gasteiger charge is 2.38. The number of carbonyl (C=O) groups is 1. The minimum Gasteiger partial charge on any atom is -0.484 e. The molecule has 0 spiro atoms. The molecule has 3 aromatic rings. The summed E-state index contributed by atoms with van der Waals surface area (Å²) in [4.78, 5) is 11.4. The zero-order chi connectivity index (χ0) is 28.8. The Morgan fingerprint density at radius 1 is 1.08 bits per heavy atom. The van der Waals surface area contributed by atoms with Crippen molar-refractivity contribution in [2.24, 2.45) is 0 Å². The lowest BCUT2D eigenvalue weighted by Crippen LogP contribution is -2.50. The van der Waals surface area contributed by atoms with Gasteiger partial charge in [0, 0.05) is 5.56 Å². The number of carbonyl (C=O) groups excluding carboxylic acids is 1. The number of hydrogen-bond donors (Lipinski definition) is 1. The van der Waals surface area contributed by atoms with Crippen LogP contribution in [0.25, 0.3) is 11.1 Å². The van der Waals surface area contributed by atoms with Gasteiger partial charge in [-0.05, 0) is 55.8 Å². The van der Waals surface area contributed by atoms with Crippen molar-refractivity contribution in [3.05, 3.63) is 77.1 Å². The summed E-state index contributed by atoms with van der Waals surface area (Å²) in [6, 6.07) is 11.6. The van der Waals surface area contributed by atoms with E-state index >= 15 is 0 Å². The maximum atomic E-state index is 14.1. The van der Waals surface area contributed by atoms with Crippen molar-refractivity contribution in [2.75, 3.05) is 17.4 Å². The molecule has 4 rings (SSSR count). The molecule has 39 heavy (non-hydrogen) atoms. The maximum absolute atomic E-state index is 14.1. The Morgan fingerprint density at radius 3 is 2.44 bits per heavy atom. The first-order chi connectivity index (χ1) is 18.1. The average molecular weight is 589 g/mol. The zero-order valence-electron chi connectivity index (χ0n) is 20.5. The second-order valence-corrected chi connectivity index (χ2v) is 11.5. The van der Waals surface area contributed by atoms with Crippen LogP contribution in [0, 0.1) is 5.82 Å². The maximum Gasteiger partial charge on any atom is 0.416 e. The summed E-state index contributed by atoms with van der Waals surface area (Å²) in [5.41, 5.74) is -2.85. The van der Waals surface area contributed by atoms with Gasteiger partial charge < -0.3 is 10.1 Å². The predicted molar refractivity (Wildman–Crippen MR) is 135 cm³/mol. The van der Waals surface area contributed by atoms with Crippen molar-refractivity contribution in [3.8, 4) is 16.9 Å². The quantitative estimate of drug-likeness (QED) is 0.359. The monoisotopic (exact) mass is 588 g/mol. The summed E-state index contributed by atoms with van der Waals surface area (Å²) in [7, 11) is -4.62. The van der Waals surface area contributed by atoms with E-state index in [1.807, 2.05) is 0 Å². The number of hydrogen-bond acceptors (Lipinski definition) is 4. The molecule has 1 aliphatic rings. The number of nitrogens with zero attached hydrogens (tertiary/aromatic N) is 1. The van der Waals surface area contributed by atoms with Gasteiger partial charge in [-0.25, -0.2) is 17.2 Å². The van der Waals surface area contributed by atoms with E-state index in [2.05, 4.69) is 5.32 Å². The summed E-state index contributed by atoms with van der Waals surface area (Å²) in [5.74, 6) is -1.64. The van der Waals surface area contributed by atoms with Crippen molar-refractivity contribution in [2.45, 2.75) is 36.7 Å². The highest BCUT2D eigenvalue weighted by Crippen LogP contribution is 2.42. The fourth-order valence-electron chi connectivity index (χ4n) is 3.92. The van der Waals surface area contributed by atoms with Crippen LogP contribution in [0.4, 0.5) is 27.6 Å². The Bertz CT molecular complexity index is 1520. The molecule has 3 aromatic carbocycles. The second kappa shape index (κ2) is 10.3. The van der Waals surface area contributed by atoms with Crippen LogP contribution in [0.5, 0.6) is 5.75 Å². The first-order valence-electron chi connectivity index (χ1n) is 11.5. The van der Waals surface area contributed by atoms with Gasteiger partial charge in [0.05, 0.1) is 34.3 Å². The van der Waals surface area contributed by atoms with E-state index in [0.717, 1.165) is 42.4 Å². The topological polar surface area (TPSA) is 75.7 Å². The summed E-state index contributed by atoms with van der Waals surface area (Å²) >= 11 is 6.11. The fourth-order valence-corrected chi connectivity index (χ4v) is 5.70. The smallest absolute Gasteiger partial charge is 0.416 e. The molecule has 0 bridgehead atoms. The third-order valence-electron chi connectivity index (χ3n) is 5.93. The van der Waals surface area contributed by atoms with Gasteiger partial charge in [-0.15, -0.1) is 0 Å². The van der Waals surface area contributed by atoms with Crippen LogP contribution < -0.4 is 14.4 Å². The van der Waals surface area contributed by atoms with Crippen LogP contribution >= 0.6 is 11.6 Å². The molecule has 1 atom stereocenters. The SMILES string of the molecule is CC(C)(F)C(=O)NCC1CN(S(=O)(=O)c2cccc(C(F)(F)F)c2)c2cc(-c3cccc(F)c3Cl)ccc2O1. The zero-order valence-corrected chi connectivity index (χ0v) is 22.1. The Morgan fingerprint density at radius 2 is 1.77 bits per heavy atom. The van der Waals surface area contributed by atoms with E-state index in [0.29, 0.717) is 11.6 Å². The summed E-state index contributed by atoms with van der Waals surface area (Å²) in [6.07, 6.45) is -5.81. The van der Waals surface area contributed by atoms with Gasteiger partial charge in [0.15, 0.2) is 5.67 Å². The van der Waals surface area contributed by atoms with Gasteiger partial charge >= 0.3 is 6.18 Å². The molecule has 0 aromatic heterocycles. The number of rotatable bonds is 6. The highest BCUT2D eigenvalue weighted by atomic mass is 35.5. The van der Waals surface area contributed by atoms with E-state index in [-0.39, 0.29) is 28.6 Å². The fraction of sp³-hybridized carbons (Fsp3) is 0.269. The average Bonchev–Trinajstić information content (AvgIpc) is 2.87. The number of sulfonamides is 1. The summed E-state index contributed by atoms with van der Waals surface area (Å²) in [5, 5.41) is 2.13. The normalized spacial score (nSPS) is 15.9. The van der Waals surface area contributed by atoms with Crippen molar-refractivity contribution in [3.63, 3.8) is 0 Å². The molecule has 1 unspecified atom stereocenters. The van der Waals surface area contributed by atoms with Crippen molar-refractivity contribution < 1.29 is 39.9 Å². The molecule has 1 amide bonds. The number of anilines is 1. The number of amides is 1. The van der Waals surface area contributed by atoms with E-state index < -0.39 is 56.7 Å². The number of halogens is 6. The number of nitrogens with one attached hydrogen (secondary N) is 1. The molecule has 0 saturated carbocycles. The van der Waals surface area contributed by atoms with Crippen molar-refractivity contribution in [1.82, 2.24) is 5.32 Å². The Hall–Kier alpha value is -3.38. The molecule has 0 aliphatic carbocycles. The predicted octanol–water partition coefficient (Wildman–Crippen LogP) is 5.99. The summed E-state index contributed by atoms with van der Waals surface area (Å²) in [6.45, 7) is 1.36. The van der Waals surface area contributed by atoms with E-state index in [9.17, 15) is 35.2 Å². The largest absolute Gasteiger partial charge is 0.484 e. The number of fused-ring (bicyclic) bond motifs is 1. The molecule has 1 N–H and O–H groups in total. The number of ether oxygens (including phenoxy) is 1. The second-order valence-electron chi connectivity index (χ2n) is 9.27. The minimum atomic E-state index is -4.79. The van der Waals surface area contributed by atoms with E-state index in [1.54, 1.807) is 0 Å². The van der Waals surface area contributed by atoms with Crippen LogP contribution in [0.2, 0.25) is 5.02 Å². The van der Waals surface area contributed by atoms with E-state index in [4.69, 9.17) is 16.3 Å². The standard InChI is InChI=1S/C26H22ClF5N2O4S/c1-25(2,29)24(35)33-13-17-14-34(39(36,37)18-6-3-5-16(12-18)26(30,31)32)21-11-15(9-10-22(21)38-17)19-7-4-8-20(28)23(19)27/h3-12,17H,13-14H2,1-2H3,(H,33,35). The molecule has 1 aliphatic heterocycles. The van der Waals surface area contributed by atoms with Crippen LogP contribution in [-0.2, 0) is 21.0 Å². The Balaban J connectivity index is 1.80. The lowest BCUT2D eigenvalue weighted by molar-refractivity contribution is -0.137. The molecule has 0 saturated heterocycles. The Kier molecular flexibility index (Phi) is 7.56. The third-order valence-corrected chi connectivity index (χ3v) is 8.09. The number of alkyl halides is 4. The minimum absolute atomic E-state index is 0.0202. The van der Waals surface area contributed by atoms with Crippen LogP contribution in [0.1, 0.15) is 19.4 Å². The van der Waals surface area contributed by atoms with Gasteiger partial charge in [0.25, 0.3) is 15.9 Å². The van der Waals surface area contributed by atoms with Crippen molar-refractivity contribution >= 4 is 33.2 Å². The van der Waals surface area contributed by atoms with Crippen LogP contribution in [-0.4, -0.2) is 39.2 Å². The molecular formula is C26H22ClF5N2O4S. The lowest BCUT2D eigenvalue weighted by atomic mass is 10.0. The molecular weight excluding hydrogens is 567 g/mol. The molecule has 13 heteroatoms. The third kappa shape index (κ3) is 5.96. The van der Waals surface area contributed by atoms with Gasteiger partial charge in [-0.2, -0.15) is 13.2 Å². The van der Waals surface area contributed by atoms with Crippen LogP contribution in [0.15, 0.2) is 65.6 Å². The highest BCUT2D eigenvalue weighted by molar-refractivity contribution is 7.92.